The van der Waals surface area contributed by atoms with Gasteiger partial charge < -0.3 is 4.90 Å². The molecule has 5 heteroatoms. The summed E-state index contributed by atoms with van der Waals surface area (Å²) in [4.78, 5) is 17.6. The highest BCUT2D eigenvalue weighted by Gasteiger charge is 2.53. The molecule has 1 saturated carbocycles. The highest BCUT2D eigenvalue weighted by molar-refractivity contribution is 5.80. The van der Waals surface area contributed by atoms with Crippen LogP contribution in [0.3, 0.4) is 0 Å². The van der Waals surface area contributed by atoms with Crippen LogP contribution >= 0.6 is 0 Å². The van der Waals surface area contributed by atoms with Gasteiger partial charge in [0.15, 0.2) is 0 Å². The van der Waals surface area contributed by atoms with E-state index in [-0.39, 0.29) is 5.54 Å². The van der Waals surface area contributed by atoms with E-state index in [2.05, 4.69) is 28.0 Å². The molecule has 0 unspecified atom stereocenters. The van der Waals surface area contributed by atoms with E-state index in [1.807, 2.05) is 17.9 Å². The normalized spacial score (nSPS) is 31.3. The summed E-state index contributed by atoms with van der Waals surface area (Å²) in [5.74, 6) is 1.18. The molecule has 3 fully saturated rings. The maximum atomic E-state index is 12.6. The van der Waals surface area contributed by atoms with Crippen LogP contribution < -0.4 is 0 Å². The van der Waals surface area contributed by atoms with E-state index in [1.54, 1.807) is 0 Å². The minimum Gasteiger partial charge on any atom is -0.335 e. The van der Waals surface area contributed by atoms with Crippen molar-refractivity contribution in [2.75, 3.05) is 13.1 Å². The van der Waals surface area contributed by atoms with Gasteiger partial charge in [-0.25, -0.2) is 0 Å². The summed E-state index contributed by atoms with van der Waals surface area (Å²) in [6.45, 7) is 5.41. The monoisotopic (exact) mass is 330 g/mol. The zero-order chi connectivity index (χ0) is 16.7. The van der Waals surface area contributed by atoms with Crippen molar-refractivity contribution in [1.29, 1.82) is 0 Å². The second kappa shape index (κ2) is 6.17. The number of hydrogen-bond acceptors (Lipinski definition) is 3. The van der Waals surface area contributed by atoms with E-state index in [0.29, 0.717) is 11.9 Å². The van der Waals surface area contributed by atoms with Crippen molar-refractivity contribution < 1.29 is 4.79 Å². The van der Waals surface area contributed by atoms with Crippen molar-refractivity contribution in [3.8, 4) is 0 Å². The minimum atomic E-state index is 0.0921. The van der Waals surface area contributed by atoms with Crippen LogP contribution in [0.15, 0.2) is 12.4 Å². The molecule has 132 valence electrons. The summed E-state index contributed by atoms with van der Waals surface area (Å²) in [5.41, 5.74) is 1.38. The second-order valence-electron chi connectivity index (χ2n) is 8.07. The smallest absolute Gasteiger partial charge is 0.223 e. The molecule has 1 aromatic heterocycles. The Labute approximate surface area is 145 Å². The van der Waals surface area contributed by atoms with E-state index in [0.717, 1.165) is 44.8 Å². The average molecular weight is 330 g/mol. The first-order valence-electron chi connectivity index (χ1n) is 9.64. The van der Waals surface area contributed by atoms with Crippen LogP contribution in [-0.2, 0) is 18.4 Å². The summed E-state index contributed by atoms with van der Waals surface area (Å²) < 4.78 is 1.88. The molecular formula is C19H30N4O. The van der Waals surface area contributed by atoms with Crippen molar-refractivity contribution in [1.82, 2.24) is 19.6 Å². The summed E-state index contributed by atoms with van der Waals surface area (Å²) in [6.07, 6.45) is 12.1. The molecule has 0 aromatic carbocycles. The third-order valence-corrected chi connectivity index (χ3v) is 6.39. The zero-order valence-electron chi connectivity index (χ0n) is 15.1. The van der Waals surface area contributed by atoms with E-state index in [4.69, 9.17) is 0 Å². The quantitative estimate of drug-likeness (QED) is 0.833. The molecule has 4 rings (SSSR count). The number of nitrogens with zero attached hydrogens (tertiary/aromatic N) is 4. The van der Waals surface area contributed by atoms with Crippen molar-refractivity contribution in [2.24, 2.45) is 13.0 Å². The summed E-state index contributed by atoms with van der Waals surface area (Å²) >= 11 is 0. The van der Waals surface area contributed by atoms with Gasteiger partial charge in [0.2, 0.25) is 5.91 Å². The number of hydrogen-bond donors (Lipinski definition) is 0. The van der Waals surface area contributed by atoms with Crippen molar-refractivity contribution in [2.45, 2.75) is 70.0 Å². The summed E-state index contributed by atoms with van der Waals surface area (Å²) in [5, 5.41) is 4.32. The average Bonchev–Trinajstić information content (AvgIpc) is 3.23. The minimum absolute atomic E-state index is 0.0921. The highest BCUT2D eigenvalue weighted by atomic mass is 16.2. The molecule has 2 aliphatic heterocycles. The number of piperidine rings is 1. The lowest BCUT2D eigenvalue weighted by Gasteiger charge is -2.52. The molecule has 0 bridgehead atoms. The molecule has 3 aliphatic rings. The van der Waals surface area contributed by atoms with Gasteiger partial charge in [0.05, 0.1) is 11.7 Å². The lowest BCUT2D eigenvalue weighted by Crippen LogP contribution is -2.63. The lowest BCUT2D eigenvalue weighted by atomic mass is 9.77. The highest BCUT2D eigenvalue weighted by Crippen LogP contribution is 2.45. The first-order chi connectivity index (χ1) is 11.6. The number of carbonyl (C=O) groups is 1. The fraction of sp³-hybridized carbons (Fsp3) is 0.789. The van der Waals surface area contributed by atoms with Gasteiger partial charge in [0.25, 0.3) is 0 Å². The van der Waals surface area contributed by atoms with Gasteiger partial charge in [-0.05, 0) is 51.0 Å². The van der Waals surface area contributed by atoms with Crippen molar-refractivity contribution in [3.63, 3.8) is 0 Å². The number of amides is 1. The number of likely N-dealkylation sites (tertiary alicyclic amines) is 2. The van der Waals surface area contributed by atoms with Gasteiger partial charge >= 0.3 is 0 Å². The topological polar surface area (TPSA) is 41.4 Å². The molecule has 1 aromatic rings. The van der Waals surface area contributed by atoms with Crippen LogP contribution in [0.25, 0.3) is 0 Å². The van der Waals surface area contributed by atoms with E-state index in [1.165, 1.54) is 31.2 Å². The molecule has 1 amide bonds. The van der Waals surface area contributed by atoms with Crippen LogP contribution in [0.5, 0.6) is 0 Å². The third-order valence-electron chi connectivity index (χ3n) is 6.39. The maximum Gasteiger partial charge on any atom is 0.223 e. The molecule has 2 atom stereocenters. The predicted octanol–water partition coefficient (Wildman–Crippen LogP) is 2.57. The first kappa shape index (κ1) is 16.1. The molecule has 1 spiro atoms. The van der Waals surface area contributed by atoms with Crippen molar-refractivity contribution >= 4 is 5.91 Å². The molecule has 24 heavy (non-hydrogen) atoms. The van der Waals surface area contributed by atoms with Crippen LogP contribution in [0.2, 0.25) is 0 Å². The predicted molar refractivity (Wildman–Crippen MR) is 93.3 cm³/mol. The number of rotatable bonds is 5. The molecule has 1 aliphatic carbocycles. The molecular weight excluding hydrogens is 300 g/mol. The Hall–Kier alpha value is -1.36. The Bertz CT molecular complexity index is 608. The van der Waals surface area contributed by atoms with Gasteiger partial charge in [0, 0.05) is 44.4 Å². The molecule has 5 nitrogen and oxygen atoms in total. The van der Waals surface area contributed by atoms with Crippen molar-refractivity contribution in [3.05, 3.63) is 18.0 Å². The third kappa shape index (κ3) is 2.77. The number of carbonyl (C=O) groups excluding carboxylic acids is 1. The molecule has 2 saturated heterocycles. The fourth-order valence-electron chi connectivity index (χ4n) is 5.16. The van der Waals surface area contributed by atoms with Gasteiger partial charge in [-0.15, -0.1) is 0 Å². The largest absolute Gasteiger partial charge is 0.335 e. The van der Waals surface area contributed by atoms with Crippen LogP contribution in [0, 0.1) is 5.92 Å². The Morgan fingerprint density at radius 1 is 1.33 bits per heavy atom. The summed E-state index contributed by atoms with van der Waals surface area (Å²) in [7, 11) is 1.98. The second-order valence-corrected chi connectivity index (χ2v) is 8.07. The van der Waals surface area contributed by atoms with E-state index < -0.39 is 0 Å². The van der Waals surface area contributed by atoms with Gasteiger partial charge in [-0.1, -0.05) is 6.92 Å². The van der Waals surface area contributed by atoms with Gasteiger partial charge in [-0.3, -0.25) is 14.4 Å². The van der Waals surface area contributed by atoms with E-state index >= 15 is 0 Å². The van der Waals surface area contributed by atoms with Gasteiger partial charge in [-0.2, -0.15) is 5.10 Å². The zero-order valence-corrected chi connectivity index (χ0v) is 15.1. The Balaban J connectivity index is 1.58. The Morgan fingerprint density at radius 2 is 2.17 bits per heavy atom. The van der Waals surface area contributed by atoms with Crippen LogP contribution in [0.4, 0.5) is 0 Å². The van der Waals surface area contributed by atoms with Crippen LogP contribution in [-0.4, -0.2) is 50.2 Å². The van der Waals surface area contributed by atoms with E-state index in [9.17, 15) is 4.79 Å². The Kier molecular flexibility index (Phi) is 4.15. The molecule has 0 radical (unpaired) electrons. The Morgan fingerprint density at radius 3 is 2.83 bits per heavy atom. The SMILES string of the molecule is CC[C@@H]1N(Cc2cnn(C)c2)CCC[C@@]12CCC(=O)N2CC1CC1. The standard InChI is InChI=1S/C19H30N4O/c1-3-17-19(9-7-18(24)23(19)14-15-5-6-15)8-4-10-22(17)13-16-11-20-21(2)12-16/h11-12,15,17H,3-10,13-14H2,1-2H3/t17-,19+/m0/s1. The first-order valence-corrected chi connectivity index (χ1v) is 9.64. The maximum absolute atomic E-state index is 12.6. The molecule has 3 heterocycles. The number of aryl methyl sites for hydroxylation is 1. The van der Waals surface area contributed by atoms with Gasteiger partial charge in [0.1, 0.15) is 0 Å². The van der Waals surface area contributed by atoms with Crippen LogP contribution in [0.1, 0.15) is 57.4 Å². The number of aromatic nitrogens is 2. The lowest BCUT2D eigenvalue weighted by molar-refractivity contribution is -0.135. The molecule has 0 N–H and O–H groups in total. The fourth-order valence-corrected chi connectivity index (χ4v) is 5.16. The summed E-state index contributed by atoms with van der Waals surface area (Å²) in [6, 6.07) is 0.483.